The van der Waals surface area contributed by atoms with Crippen LogP contribution in [0.1, 0.15) is 26.3 Å². The van der Waals surface area contributed by atoms with E-state index in [1.807, 2.05) is 18.9 Å². The topological polar surface area (TPSA) is 105 Å². The number of oxime groups is 1. The summed E-state index contributed by atoms with van der Waals surface area (Å²) in [7, 11) is 1.87. The van der Waals surface area contributed by atoms with E-state index in [2.05, 4.69) is 19.0 Å². The van der Waals surface area contributed by atoms with Crippen LogP contribution < -0.4 is 10.6 Å². The summed E-state index contributed by atoms with van der Waals surface area (Å²) < 4.78 is 0. The predicted molar refractivity (Wildman–Crippen MR) is 78.3 cm³/mol. The molecule has 20 heavy (non-hydrogen) atoms. The molecule has 0 saturated carbocycles. The molecule has 0 aliphatic rings. The van der Waals surface area contributed by atoms with Gasteiger partial charge in [0.25, 0.3) is 5.69 Å². The van der Waals surface area contributed by atoms with Crippen molar-refractivity contribution < 1.29 is 10.1 Å². The fourth-order valence-corrected chi connectivity index (χ4v) is 1.87. The highest BCUT2D eigenvalue weighted by Crippen LogP contribution is 2.27. The number of anilines is 1. The van der Waals surface area contributed by atoms with E-state index < -0.39 is 4.92 Å². The quantitative estimate of drug-likeness (QED) is 0.283. The summed E-state index contributed by atoms with van der Waals surface area (Å²) in [5.74, 6) is 0.238. The Morgan fingerprint density at radius 3 is 2.50 bits per heavy atom. The second-order valence-corrected chi connectivity index (χ2v) is 5.04. The molecule has 0 aromatic heterocycles. The van der Waals surface area contributed by atoms with Gasteiger partial charge in [-0.15, -0.1) is 0 Å². The van der Waals surface area contributed by atoms with Crippen LogP contribution in [0.15, 0.2) is 23.4 Å². The number of nitrogens with two attached hydrogens (primary N) is 1. The third kappa shape index (κ3) is 3.17. The lowest BCUT2D eigenvalue weighted by Gasteiger charge is -2.31. The van der Waals surface area contributed by atoms with Crippen LogP contribution in [-0.2, 0) is 0 Å². The Hall–Kier alpha value is -2.31. The third-order valence-electron chi connectivity index (χ3n) is 3.53. The Balaban J connectivity index is 3.35. The van der Waals surface area contributed by atoms with Crippen molar-refractivity contribution >= 4 is 17.2 Å². The van der Waals surface area contributed by atoms with E-state index in [0.717, 1.165) is 0 Å². The van der Waals surface area contributed by atoms with Crippen LogP contribution in [-0.4, -0.2) is 29.1 Å². The number of nitrogens with zero attached hydrogens (tertiary/aromatic N) is 3. The number of non-ortho nitro benzene ring substituents is 1. The van der Waals surface area contributed by atoms with Crippen molar-refractivity contribution in [2.45, 2.75) is 26.8 Å². The number of amidine groups is 1. The van der Waals surface area contributed by atoms with E-state index in [1.54, 1.807) is 6.07 Å². The Morgan fingerprint density at radius 2 is 2.05 bits per heavy atom. The molecule has 0 spiro atoms. The second kappa shape index (κ2) is 6.23. The monoisotopic (exact) mass is 280 g/mol. The maximum atomic E-state index is 10.8. The minimum atomic E-state index is -0.510. The molecular weight excluding hydrogens is 260 g/mol. The van der Waals surface area contributed by atoms with Crippen molar-refractivity contribution in [2.24, 2.45) is 16.8 Å². The highest BCUT2D eigenvalue weighted by Gasteiger charge is 2.20. The molecule has 1 aromatic carbocycles. The van der Waals surface area contributed by atoms with Gasteiger partial charge in [-0.3, -0.25) is 10.1 Å². The summed E-state index contributed by atoms with van der Waals surface area (Å²) >= 11 is 0. The summed E-state index contributed by atoms with van der Waals surface area (Å²) in [5, 5.41) is 22.6. The molecule has 7 nitrogen and oxygen atoms in total. The zero-order valence-electron chi connectivity index (χ0n) is 12.1. The molecule has 0 saturated heterocycles. The smallest absolute Gasteiger partial charge is 0.270 e. The predicted octanol–water partition coefficient (Wildman–Crippen LogP) is 2.17. The Morgan fingerprint density at radius 1 is 1.45 bits per heavy atom. The van der Waals surface area contributed by atoms with Gasteiger partial charge in [0.1, 0.15) is 0 Å². The first kappa shape index (κ1) is 15.7. The lowest BCUT2D eigenvalue weighted by atomic mass is 10.0. The molecule has 7 heteroatoms. The van der Waals surface area contributed by atoms with Gasteiger partial charge in [0, 0.05) is 30.9 Å². The SMILES string of the molecule is CC(C)C(C)N(C)c1ccc([N+](=O)[O-])cc1C(N)=NO. The number of nitro groups is 1. The molecule has 0 radical (unpaired) electrons. The van der Waals surface area contributed by atoms with Gasteiger partial charge in [-0.05, 0) is 18.9 Å². The lowest BCUT2D eigenvalue weighted by molar-refractivity contribution is -0.384. The molecule has 0 heterocycles. The van der Waals surface area contributed by atoms with Crippen LogP contribution in [0.2, 0.25) is 0 Å². The zero-order valence-corrected chi connectivity index (χ0v) is 12.1. The molecule has 0 aliphatic heterocycles. The molecule has 3 N–H and O–H groups in total. The van der Waals surface area contributed by atoms with Gasteiger partial charge in [-0.25, -0.2) is 0 Å². The average Bonchev–Trinajstić information content (AvgIpc) is 2.43. The number of hydrogen-bond acceptors (Lipinski definition) is 5. The van der Waals surface area contributed by atoms with Gasteiger partial charge in [0.2, 0.25) is 0 Å². The van der Waals surface area contributed by atoms with E-state index in [1.165, 1.54) is 12.1 Å². The summed E-state index contributed by atoms with van der Waals surface area (Å²) in [6, 6.07) is 4.53. The van der Waals surface area contributed by atoms with Gasteiger partial charge in [-0.1, -0.05) is 19.0 Å². The van der Waals surface area contributed by atoms with Crippen molar-refractivity contribution in [1.82, 2.24) is 0 Å². The van der Waals surface area contributed by atoms with Gasteiger partial charge < -0.3 is 15.8 Å². The van der Waals surface area contributed by atoms with Crippen LogP contribution in [0, 0.1) is 16.0 Å². The molecule has 0 bridgehead atoms. The Kier molecular flexibility index (Phi) is 4.90. The molecule has 1 aromatic rings. The minimum absolute atomic E-state index is 0.0963. The van der Waals surface area contributed by atoms with Crippen LogP contribution in [0.25, 0.3) is 0 Å². The zero-order chi connectivity index (χ0) is 15.4. The number of nitro benzene ring substituents is 1. The van der Waals surface area contributed by atoms with Crippen molar-refractivity contribution in [1.29, 1.82) is 0 Å². The molecule has 0 fully saturated rings. The second-order valence-electron chi connectivity index (χ2n) is 5.04. The summed E-state index contributed by atoms with van der Waals surface area (Å²) in [4.78, 5) is 12.3. The van der Waals surface area contributed by atoms with Crippen molar-refractivity contribution in [3.05, 3.63) is 33.9 Å². The lowest BCUT2D eigenvalue weighted by Crippen LogP contribution is -2.34. The fourth-order valence-electron chi connectivity index (χ4n) is 1.87. The molecule has 0 amide bonds. The van der Waals surface area contributed by atoms with Gasteiger partial charge in [0.05, 0.1) is 10.5 Å². The van der Waals surface area contributed by atoms with E-state index in [9.17, 15) is 10.1 Å². The van der Waals surface area contributed by atoms with Crippen molar-refractivity contribution in [2.75, 3.05) is 11.9 Å². The number of benzene rings is 1. The van der Waals surface area contributed by atoms with Crippen LogP contribution in [0.5, 0.6) is 0 Å². The molecular formula is C13H20N4O3. The maximum Gasteiger partial charge on any atom is 0.270 e. The highest BCUT2D eigenvalue weighted by atomic mass is 16.6. The van der Waals surface area contributed by atoms with Crippen molar-refractivity contribution in [3.8, 4) is 0 Å². The van der Waals surface area contributed by atoms with Crippen LogP contribution in [0.3, 0.4) is 0 Å². The Bertz CT molecular complexity index is 528. The van der Waals surface area contributed by atoms with E-state index in [0.29, 0.717) is 17.2 Å². The summed E-state index contributed by atoms with van der Waals surface area (Å²) in [6.45, 7) is 6.20. The summed E-state index contributed by atoms with van der Waals surface area (Å²) in [6.07, 6.45) is 0. The van der Waals surface area contributed by atoms with Crippen LogP contribution >= 0.6 is 0 Å². The first-order valence-corrected chi connectivity index (χ1v) is 6.28. The molecule has 1 rings (SSSR count). The summed E-state index contributed by atoms with van der Waals surface area (Å²) in [5.41, 5.74) is 6.56. The van der Waals surface area contributed by atoms with Crippen molar-refractivity contribution in [3.63, 3.8) is 0 Å². The van der Waals surface area contributed by atoms with Gasteiger partial charge >= 0.3 is 0 Å². The van der Waals surface area contributed by atoms with E-state index in [-0.39, 0.29) is 17.6 Å². The minimum Gasteiger partial charge on any atom is -0.409 e. The van der Waals surface area contributed by atoms with E-state index in [4.69, 9.17) is 10.9 Å². The maximum absolute atomic E-state index is 10.8. The normalized spacial score (nSPS) is 13.3. The molecule has 110 valence electrons. The number of rotatable bonds is 5. The van der Waals surface area contributed by atoms with Gasteiger partial charge in [-0.2, -0.15) is 0 Å². The molecule has 0 aliphatic carbocycles. The third-order valence-corrected chi connectivity index (χ3v) is 3.53. The molecule has 1 atom stereocenters. The highest BCUT2D eigenvalue weighted by molar-refractivity contribution is 6.02. The fraction of sp³-hybridized carbons (Fsp3) is 0.462. The van der Waals surface area contributed by atoms with Crippen LogP contribution in [0.4, 0.5) is 11.4 Å². The Labute approximate surface area is 117 Å². The molecule has 1 unspecified atom stereocenters. The largest absolute Gasteiger partial charge is 0.409 e. The first-order chi connectivity index (χ1) is 9.29. The number of hydrogen-bond donors (Lipinski definition) is 2. The first-order valence-electron chi connectivity index (χ1n) is 6.28. The van der Waals surface area contributed by atoms with E-state index >= 15 is 0 Å². The average molecular weight is 280 g/mol. The van der Waals surface area contributed by atoms with Gasteiger partial charge in [0.15, 0.2) is 5.84 Å². The standard InChI is InChI=1S/C13H20N4O3/c1-8(2)9(3)16(4)12-6-5-10(17(19)20)7-11(12)13(14)15-18/h5-9,18H,1-4H3,(H2,14,15).